The number of nitrogens with zero attached hydrogens (tertiary/aromatic N) is 1. The molecule has 2 aromatic rings. The lowest BCUT2D eigenvalue weighted by Gasteiger charge is -2.43. The van der Waals surface area contributed by atoms with E-state index in [1.807, 2.05) is 0 Å². The minimum absolute atomic E-state index is 0.0731. The number of piperidine rings is 1. The number of fused-ring (bicyclic) bond motifs is 1. The van der Waals surface area contributed by atoms with E-state index >= 15 is 0 Å². The highest BCUT2D eigenvalue weighted by molar-refractivity contribution is 6.36. The van der Waals surface area contributed by atoms with Gasteiger partial charge in [0.25, 0.3) is 0 Å². The number of hydrogen-bond acceptors (Lipinski definition) is 5. The number of aliphatic hydroxyl groups is 2. The van der Waals surface area contributed by atoms with Crippen molar-refractivity contribution in [3.63, 3.8) is 0 Å². The normalized spacial score (nSPS) is 23.4. The molecule has 0 radical (unpaired) electrons. The summed E-state index contributed by atoms with van der Waals surface area (Å²) >= 11 is 11.9. The van der Waals surface area contributed by atoms with E-state index in [-0.39, 0.29) is 59.9 Å². The van der Waals surface area contributed by atoms with Crippen LogP contribution in [-0.4, -0.2) is 47.5 Å². The average molecular weight is 473 g/mol. The number of anilines is 2. The third-order valence-corrected chi connectivity index (χ3v) is 6.20. The van der Waals surface area contributed by atoms with E-state index in [4.69, 9.17) is 27.9 Å². The number of nitrogens with one attached hydrogen (secondary N) is 1. The number of carbonyl (C=O) groups excluding carboxylic acids is 1. The molecule has 3 N–H and O–H groups in total. The van der Waals surface area contributed by atoms with Crippen LogP contribution in [0.2, 0.25) is 10.0 Å². The van der Waals surface area contributed by atoms with E-state index < -0.39 is 23.3 Å². The lowest BCUT2D eigenvalue weighted by Crippen LogP contribution is -2.58. The van der Waals surface area contributed by atoms with Gasteiger partial charge in [0.2, 0.25) is 5.91 Å². The number of amides is 1. The molecule has 2 atom stereocenters. The average Bonchev–Trinajstić information content (AvgIpc) is 2.70. The molecule has 2 unspecified atom stereocenters. The zero-order valence-electron chi connectivity index (χ0n) is 16.3. The summed E-state index contributed by atoms with van der Waals surface area (Å²) in [6, 6.07) is 5.15. The molecule has 0 saturated carbocycles. The Labute approximate surface area is 187 Å². The summed E-state index contributed by atoms with van der Waals surface area (Å²) in [5, 5.41) is 24.3. The van der Waals surface area contributed by atoms with E-state index in [9.17, 15) is 23.8 Å². The Bertz CT molecular complexity index is 1020. The maximum atomic E-state index is 14.4. The number of rotatable bonds is 4. The number of ether oxygens (including phenoxy) is 1. The molecule has 2 aliphatic rings. The molecule has 0 aliphatic carbocycles. The van der Waals surface area contributed by atoms with Gasteiger partial charge in [-0.2, -0.15) is 0 Å². The molecule has 31 heavy (non-hydrogen) atoms. The van der Waals surface area contributed by atoms with E-state index in [0.717, 1.165) is 6.07 Å². The Hall–Kier alpha value is -2.13. The molecular formula is C21H20Cl2F2N2O4. The first-order valence-electron chi connectivity index (χ1n) is 9.72. The molecule has 6 nitrogen and oxygen atoms in total. The van der Waals surface area contributed by atoms with Gasteiger partial charge in [0, 0.05) is 30.1 Å². The molecule has 1 amide bonds. The standard InChI is InChI=1S/C21H20Cl2F2N2O4/c22-11-7-13(23)20(15(25)8-11)27-6-5-21(30,17(28)9-27)10-31-16-3-2-14(24)19-12(16)1-4-18(29)26-19/h2-3,7-8,17,28,30H,1,4-6,9-10H2,(H,26,29). The van der Waals surface area contributed by atoms with Crippen molar-refractivity contribution < 1.29 is 28.5 Å². The number of hydrogen-bond donors (Lipinski definition) is 3. The van der Waals surface area contributed by atoms with Crippen molar-refractivity contribution in [2.75, 3.05) is 29.9 Å². The number of aliphatic hydroxyl groups excluding tert-OH is 1. The number of halogens is 4. The first kappa shape index (κ1) is 22.1. The molecule has 1 fully saturated rings. The van der Waals surface area contributed by atoms with E-state index in [1.54, 1.807) is 4.90 Å². The minimum Gasteiger partial charge on any atom is -0.490 e. The molecule has 2 aliphatic heterocycles. The van der Waals surface area contributed by atoms with Crippen molar-refractivity contribution >= 4 is 40.5 Å². The maximum Gasteiger partial charge on any atom is 0.224 e. The summed E-state index contributed by atoms with van der Waals surface area (Å²) < 4.78 is 34.1. The van der Waals surface area contributed by atoms with Gasteiger partial charge < -0.3 is 25.2 Å². The molecule has 4 rings (SSSR count). The molecular weight excluding hydrogens is 453 g/mol. The third kappa shape index (κ3) is 4.30. The monoisotopic (exact) mass is 472 g/mol. The van der Waals surface area contributed by atoms with Crippen LogP contribution in [-0.2, 0) is 11.2 Å². The van der Waals surface area contributed by atoms with Gasteiger partial charge in [0.15, 0.2) is 0 Å². The number of β-amino-alcohol motifs (C(OH)–C–C–N with tert-alkyl or cyclic N) is 1. The predicted octanol–water partition coefficient (Wildman–Crippen LogP) is 3.54. The van der Waals surface area contributed by atoms with Crippen LogP contribution in [0.25, 0.3) is 0 Å². The Morgan fingerprint density at radius 3 is 2.71 bits per heavy atom. The van der Waals surface area contributed by atoms with Gasteiger partial charge in [-0.25, -0.2) is 8.78 Å². The van der Waals surface area contributed by atoms with Gasteiger partial charge in [-0.05, 0) is 37.1 Å². The lowest BCUT2D eigenvalue weighted by molar-refractivity contribution is -0.116. The summed E-state index contributed by atoms with van der Waals surface area (Å²) in [6.45, 7) is -0.118. The fourth-order valence-corrected chi connectivity index (χ4v) is 4.52. The summed E-state index contributed by atoms with van der Waals surface area (Å²) in [5.41, 5.74) is -0.920. The second kappa shape index (κ2) is 8.43. The summed E-state index contributed by atoms with van der Waals surface area (Å²) in [4.78, 5) is 13.1. The van der Waals surface area contributed by atoms with Crippen molar-refractivity contribution in [2.45, 2.75) is 31.0 Å². The molecule has 0 spiro atoms. The van der Waals surface area contributed by atoms with Gasteiger partial charge in [0.1, 0.15) is 35.7 Å². The summed E-state index contributed by atoms with van der Waals surface area (Å²) in [6.07, 6.45) is -0.685. The van der Waals surface area contributed by atoms with Crippen molar-refractivity contribution in [1.82, 2.24) is 0 Å². The van der Waals surface area contributed by atoms with E-state index in [0.29, 0.717) is 17.7 Å². The molecule has 2 heterocycles. The van der Waals surface area contributed by atoms with E-state index in [2.05, 4.69) is 5.32 Å². The lowest BCUT2D eigenvalue weighted by atomic mass is 9.89. The Morgan fingerprint density at radius 1 is 1.23 bits per heavy atom. The van der Waals surface area contributed by atoms with Crippen LogP contribution in [0.4, 0.5) is 20.2 Å². The van der Waals surface area contributed by atoms with Crippen LogP contribution in [0.3, 0.4) is 0 Å². The van der Waals surface area contributed by atoms with Crippen LogP contribution in [0.5, 0.6) is 5.75 Å². The molecule has 0 aromatic heterocycles. The minimum atomic E-state index is -1.61. The number of benzene rings is 2. The SMILES string of the molecule is O=C1CCc2c(OCC3(O)CCN(c4c(F)cc(Cl)cc4Cl)CC3O)ccc(F)c2N1. The second-order valence-electron chi connectivity index (χ2n) is 7.77. The quantitative estimate of drug-likeness (QED) is 0.633. The topological polar surface area (TPSA) is 82.0 Å². The largest absolute Gasteiger partial charge is 0.490 e. The third-order valence-electron chi connectivity index (χ3n) is 5.69. The maximum absolute atomic E-state index is 14.4. The van der Waals surface area contributed by atoms with Crippen LogP contribution in [0.1, 0.15) is 18.4 Å². The van der Waals surface area contributed by atoms with Crippen LogP contribution < -0.4 is 15.0 Å². The van der Waals surface area contributed by atoms with Gasteiger partial charge in [-0.3, -0.25) is 4.79 Å². The highest BCUT2D eigenvalue weighted by Gasteiger charge is 2.42. The Balaban J connectivity index is 1.48. The second-order valence-corrected chi connectivity index (χ2v) is 8.61. The highest BCUT2D eigenvalue weighted by atomic mass is 35.5. The Kier molecular flexibility index (Phi) is 6.00. The Morgan fingerprint density at radius 2 is 2.00 bits per heavy atom. The molecule has 166 valence electrons. The van der Waals surface area contributed by atoms with Crippen molar-refractivity contribution in [2.24, 2.45) is 0 Å². The zero-order valence-corrected chi connectivity index (χ0v) is 17.8. The summed E-state index contributed by atoms with van der Waals surface area (Å²) in [7, 11) is 0. The first-order chi connectivity index (χ1) is 14.7. The molecule has 2 aromatic carbocycles. The van der Waals surface area contributed by atoms with Gasteiger partial charge >= 0.3 is 0 Å². The van der Waals surface area contributed by atoms with Crippen LogP contribution >= 0.6 is 23.2 Å². The zero-order chi connectivity index (χ0) is 22.3. The van der Waals surface area contributed by atoms with Gasteiger partial charge in [-0.15, -0.1) is 0 Å². The molecule has 10 heteroatoms. The predicted molar refractivity (Wildman–Crippen MR) is 113 cm³/mol. The highest BCUT2D eigenvalue weighted by Crippen LogP contribution is 2.37. The van der Waals surface area contributed by atoms with E-state index in [1.165, 1.54) is 18.2 Å². The van der Waals surface area contributed by atoms with Crippen LogP contribution in [0, 0.1) is 11.6 Å². The van der Waals surface area contributed by atoms with Crippen molar-refractivity contribution in [3.8, 4) is 5.75 Å². The fraction of sp³-hybridized carbons (Fsp3) is 0.381. The van der Waals surface area contributed by atoms with Crippen molar-refractivity contribution in [1.29, 1.82) is 0 Å². The van der Waals surface area contributed by atoms with Crippen LogP contribution in [0.15, 0.2) is 24.3 Å². The van der Waals surface area contributed by atoms with Gasteiger partial charge in [0.05, 0.1) is 16.4 Å². The molecule has 1 saturated heterocycles. The summed E-state index contributed by atoms with van der Waals surface area (Å²) in [5.74, 6) is -1.14. The number of carbonyl (C=O) groups is 1. The van der Waals surface area contributed by atoms with Crippen molar-refractivity contribution in [3.05, 3.63) is 51.5 Å². The first-order valence-corrected chi connectivity index (χ1v) is 10.5. The van der Waals surface area contributed by atoms with Gasteiger partial charge in [-0.1, -0.05) is 23.2 Å². The fourth-order valence-electron chi connectivity index (χ4n) is 3.94. The smallest absolute Gasteiger partial charge is 0.224 e. The molecule has 0 bridgehead atoms.